The van der Waals surface area contributed by atoms with Crippen LogP contribution in [0.1, 0.15) is 49.9 Å². The Balaban J connectivity index is 2.30. The van der Waals surface area contributed by atoms with Gasteiger partial charge in [0.15, 0.2) is 6.61 Å². The summed E-state index contributed by atoms with van der Waals surface area (Å²) in [6.07, 6.45) is 0. The number of nitrogens with one attached hydrogen (secondary N) is 1. The van der Waals surface area contributed by atoms with Crippen molar-refractivity contribution < 1.29 is 14.3 Å². The molecular formula is C25H32Cl2N2O3. The molecule has 0 aromatic heterocycles. The van der Waals surface area contributed by atoms with E-state index in [1.54, 1.807) is 25.1 Å². The third kappa shape index (κ3) is 6.88. The van der Waals surface area contributed by atoms with Crippen LogP contribution in [0, 0.1) is 20.8 Å². The molecule has 0 aliphatic heterocycles. The highest BCUT2D eigenvalue weighted by Crippen LogP contribution is 2.27. The summed E-state index contributed by atoms with van der Waals surface area (Å²) in [6.45, 7) is 13.2. The van der Waals surface area contributed by atoms with Gasteiger partial charge >= 0.3 is 0 Å². The summed E-state index contributed by atoms with van der Waals surface area (Å²) in [4.78, 5) is 27.6. The second kappa shape index (κ2) is 10.6. The van der Waals surface area contributed by atoms with Crippen molar-refractivity contribution in [1.29, 1.82) is 0 Å². The molecule has 1 N–H and O–H groups in total. The molecule has 7 heteroatoms. The quantitative estimate of drug-likeness (QED) is 0.560. The summed E-state index contributed by atoms with van der Waals surface area (Å²) < 4.78 is 5.88. The molecule has 2 rings (SSSR count). The first-order valence-electron chi connectivity index (χ1n) is 10.5. The molecule has 2 aromatic carbocycles. The van der Waals surface area contributed by atoms with Crippen molar-refractivity contribution in [2.24, 2.45) is 0 Å². The summed E-state index contributed by atoms with van der Waals surface area (Å²) >= 11 is 12.7. The fourth-order valence-electron chi connectivity index (χ4n) is 3.28. The molecule has 32 heavy (non-hydrogen) atoms. The second-order valence-electron chi connectivity index (χ2n) is 9.13. The SMILES string of the molecule is Cc1cc(C)c(C)c(OCC(=O)N(Cc2c(Cl)cccc2Cl)C(C)C(=O)NC(C)(C)C)c1. The third-order valence-electron chi connectivity index (χ3n) is 5.17. The molecule has 0 aliphatic carbocycles. The van der Waals surface area contributed by atoms with Gasteiger partial charge in [-0.2, -0.15) is 0 Å². The lowest BCUT2D eigenvalue weighted by Crippen LogP contribution is -2.53. The number of nitrogens with zero attached hydrogens (tertiary/aromatic N) is 1. The molecule has 0 aliphatic rings. The van der Waals surface area contributed by atoms with Crippen LogP contribution in [0.4, 0.5) is 0 Å². The van der Waals surface area contributed by atoms with Crippen LogP contribution in [-0.4, -0.2) is 34.9 Å². The van der Waals surface area contributed by atoms with Gasteiger partial charge in [-0.1, -0.05) is 35.3 Å². The largest absolute Gasteiger partial charge is 0.483 e. The number of hydrogen-bond donors (Lipinski definition) is 1. The minimum absolute atomic E-state index is 0.0885. The molecule has 0 spiro atoms. The van der Waals surface area contributed by atoms with Gasteiger partial charge in [0.25, 0.3) is 5.91 Å². The van der Waals surface area contributed by atoms with Crippen LogP contribution in [0.25, 0.3) is 0 Å². The maximum atomic E-state index is 13.3. The number of carbonyl (C=O) groups is 2. The van der Waals surface area contributed by atoms with Gasteiger partial charge in [-0.3, -0.25) is 9.59 Å². The number of carbonyl (C=O) groups excluding carboxylic acids is 2. The molecular weight excluding hydrogens is 447 g/mol. The monoisotopic (exact) mass is 478 g/mol. The van der Waals surface area contributed by atoms with Crippen LogP contribution >= 0.6 is 23.2 Å². The van der Waals surface area contributed by atoms with E-state index in [9.17, 15) is 9.59 Å². The fourth-order valence-corrected chi connectivity index (χ4v) is 3.80. The first kappa shape index (κ1) is 26.0. The Bertz CT molecular complexity index is 979. The Morgan fingerprint density at radius 2 is 1.69 bits per heavy atom. The average molecular weight is 479 g/mol. The third-order valence-corrected chi connectivity index (χ3v) is 5.88. The lowest BCUT2D eigenvalue weighted by Gasteiger charge is -2.32. The minimum atomic E-state index is -0.752. The van der Waals surface area contributed by atoms with E-state index in [4.69, 9.17) is 27.9 Å². The highest BCUT2D eigenvalue weighted by molar-refractivity contribution is 6.36. The summed E-state index contributed by atoms with van der Waals surface area (Å²) in [7, 11) is 0. The van der Waals surface area contributed by atoms with Crippen LogP contribution in [-0.2, 0) is 16.1 Å². The first-order chi connectivity index (χ1) is 14.8. The summed E-state index contributed by atoms with van der Waals surface area (Å²) in [5.41, 5.74) is 3.26. The predicted molar refractivity (Wildman–Crippen MR) is 131 cm³/mol. The Morgan fingerprint density at radius 1 is 1.09 bits per heavy atom. The number of halogens is 2. The van der Waals surface area contributed by atoms with Crippen molar-refractivity contribution in [3.05, 3.63) is 62.6 Å². The molecule has 1 unspecified atom stereocenters. The van der Waals surface area contributed by atoms with Gasteiger partial charge in [0.1, 0.15) is 11.8 Å². The van der Waals surface area contributed by atoms with E-state index in [1.165, 1.54) is 4.90 Å². The van der Waals surface area contributed by atoms with Crippen LogP contribution in [0.2, 0.25) is 10.0 Å². The fraction of sp³-hybridized carbons (Fsp3) is 0.440. The number of rotatable bonds is 7. The molecule has 0 radical (unpaired) electrons. The van der Waals surface area contributed by atoms with Crippen LogP contribution < -0.4 is 10.1 Å². The number of benzene rings is 2. The van der Waals surface area contributed by atoms with E-state index >= 15 is 0 Å². The first-order valence-corrected chi connectivity index (χ1v) is 11.3. The van der Waals surface area contributed by atoms with Crippen LogP contribution in [0.3, 0.4) is 0 Å². The highest BCUT2D eigenvalue weighted by atomic mass is 35.5. The van der Waals surface area contributed by atoms with Gasteiger partial charge < -0.3 is 15.0 Å². The van der Waals surface area contributed by atoms with E-state index in [-0.39, 0.29) is 25.0 Å². The molecule has 1 atom stereocenters. The predicted octanol–water partition coefficient (Wildman–Crippen LogP) is 5.63. The van der Waals surface area contributed by atoms with Gasteiger partial charge in [0.2, 0.25) is 5.91 Å². The zero-order chi connectivity index (χ0) is 24.2. The highest BCUT2D eigenvalue weighted by Gasteiger charge is 2.29. The molecule has 174 valence electrons. The topological polar surface area (TPSA) is 58.6 Å². The lowest BCUT2D eigenvalue weighted by atomic mass is 10.1. The lowest BCUT2D eigenvalue weighted by molar-refractivity contribution is -0.142. The van der Waals surface area contributed by atoms with Crippen molar-refractivity contribution in [2.75, 3.05) is 6.61 Å². The molecule has 5 nitrogen and oxygen atoms in total. The van der Waals surface area contributed by atoms with Crippen molar-refractivity contribution in [2.45, 2.75) is 66.6 Å². The Hall–Kier alpha value is -2.24. The zero-order valence-electron chi connectivity index (χ0n) is 19.8. The Kier molecular flexibility index (Phi) is 8.60. The summed E-state index contributed by atoms with van der Waals surface area (Å²) in [5, 5.41) is 3.80. The van der Waals surface area contributed by atoms with Crippen molar-refractivity contribution in [3.8, 4) is 5.75 Å². The van der Waals surface area contributed by atoms with E-state index < -0.39 is 11.6 Å². The standard InChI is InChI=1S/C25H32Cl2N2O3/c1-15-11-16(2)17(3)22(12-15)32-14-23(30)29(18(4)24(31)28-25(5,6)7)13-19-20(26)9-8-10-21(19)27/h8-12,18H,13-14H2,1-7H3,(H,28,31). The Morgan fingerprint density at radius 3 is 2.25 bits per heavy atom. The number of aryl methyl sites for hydroxylation is 2. The van der Waals surface area contributed by atoms with E-state index in [0.717, 1.165) is 16.7 Å². The molecule has 0 saturated carbocycles. The summed E-state index contributed by atoms with van der Waals surface area (Å²) in [6, 6.07) is 8.37. The molecule has 0 fully saturated rings. The maximum absolute atomic E-state index is 13.3. The average Bonchev–Trinajstić information content (AvgIpc) is 2.67. The second-order valence-corrected chi connectivity index (χ2v) is 9.95. The number of hydrogen-bond acceptors (Lipinski definition) is 3. The molecule has 0 heterocycles. The van der Waals surface area contributed by atoms with Crippen molar-refractivity contribution in [1.82, 2.24) is 10.2 Å². The van der Waals surface area contributed by atoms with Gasteiger partial charge in [0.05, 0.1) is 0 Å². The smallest absolute Gasteiger partial charge is 0.261 e. The van der Waals surface area contributed by atoms with E-state index in [1.807, 2.05) is 47.6 Å². The zero-order valence-corrected chi connectivity index (χ0v) is 21.3. The van der Waals surface area contributed by atoms with Crippen LogP contribution in [0.5, 0.6) is 5.75 Å². The van der Waals surface area contributed by atoms with Gasteiger partial charge in [0, 0.05) is 27.7 Å². The van der Waals surface area contributed by atoms with Gasteiger partial charge in [-0.15, -0.1) is 0 Å². The molecule has 2 aromatic rings. The number of ether oxygens (including phenoxy) is 1. The van der Waals surface area contributed by atoms with E-state index in [0.29, 0.717) is 21.4 Å². The van der Waals surface area contributed by atoms with Crippen LogP contribution in [0.15, 0.2) is 30.3 Å². The minimum Gasteiger partial charge on any atom is -0.483 e. The summed E-state index contributed by atoms with van der Waals surface area (Å²) in [5.74, 6) is 0.0473. The molecule has 2 amide bonds. The number of amides is 2. The van der Waals surface area contributed by atoms with Crippen molar-refractivity contribution in [3.63, 3.8) is 0 Å². The Labute approximate surface area is 201 Å². The normalized spacial score (nSPS) is 12.3. The van der Waals surface area contributed by atoms with E-state index in [2.05, 4.69) is 11.4 Å². The van der Waals surface area contributed by atoms with Gasteiger partial charge in [-0.25, -0.2) is 0 Å². The molecule has 0 saturated heterocycles. The van der Waals surface area contributed by atoms with Crippen molar-refractivity contribution >= 4 is 35.0 Å². The maximum Gasteiger partial charge on any atom is 0.261 e. The molecule has 0 bridgehead atoms. The van der Waals surface area contributed by atoms with Gasteiger partial charge in [-0.05, 0) is 83.4 Å².